The molecule has 0 saturated heterocycles. The smallest absolute Gasteiger partial charge is 0.191 e. The van der Waals surface area contributed by atoms with Crippen LogP contribution in [-0.2, 0) is 0 Å². The molecule has 0 heterocycles. The van der Waals surface area contributed by atoms with Gasteiger partial charge in [-0.05, 0) is 36.3 Å². The predicted octanol–water partition coefficient (Wildman–Crippen LogP) is 3.85. The van der Waals surface area contributed by atoms with E-state index in [0.29, 0.717) is 10.7 Å². The van der Waals surface area contributed by atoms with Crippen molar-refractivity contribution in [2.75, 3.05) is 4.90 Å². The van der Waals surface area contributed by atoms with Gasteiger partial charge >= 0.3 is 0 Å². The van der Waals surface area contributed by atoms with Gasteiger partial charge < -0.3 is 5.73 Å². The van der Waals surface area contributed by atoms with Gasteiger partial charge in [-0.1, -0.05) is 48.0 Å². The molecule has 100 valence electrons. The van der Waals surface area contributed by atoms with Crippen molar-refractivity contribution in [3.8, 4) is 17.3 Å². The lowest BCUT2D eigenvalue weighted by Crippen LogP contribution is -2.31. The fraction of sp³-hybridized carbons (Fsp3) is 0.0667. The van der Waals surface area contributed by atoms with Crippen LogP contribution >= 0.6 is 23.8 Å². The first kappa shape index (κ1) is 14.3. The highest BCUT2D eigenvalue weighted by Gasteiger charge is 2.16. The van der Waals surface area contributed by atoms with Crippen molar-refractivity contribution in [1.82, 2.24) is 0 Å². The molecule has 2 aromatic rings. The van der Waals surface area contributed by atoms with Gasteiger partial charge in [-0.2, -0.15) is 5.26 Å². The van der Waals surface area contributed by atoms with E-state index in [9.17, 15) is 0 Å². The van der Waals surface area contributed by atoms with Gasteiger partial charge in [0, 0.05) is 5.56 Å². The lowest BCUT2D eigenvalue weighted by Gasteiger charge is -2.18. The molecule has 0 radical (unpaired) electrons. The second-order valence-electron chi connectivity index (χ2n) is 4.21. The SMILES string of the molecule is Cc1c(N(C#N)C(N)=S)ccc(-c2ccccc2)c1Cl. The van der Waals surface area contributed by atoms with Gasteiger partial charge in [0.1, 0.15) is 0 Å². The highest BCUT2D eigenvalue weighted by Crippen LogP contribution is 2.35. The average Bonchev–Trinajstić information content (AvgIpc) is 2.45. The molecular weight excluding hydrogens is 290 g/mol. The van der Waals surface area contributed by atoms with Crippen LogP contribution in [0, 0.1) is 18.4 Å². The summed E-state index contributed by atoms with van der Waals surface area (Å²) in [7, 11) is 0. The highest BCUT2D eigenvalue weighted by atomic mass is 35.5. The van der Waals surface area contributed by atoms with Gasteiger partial charge in [-0.15, -0.1) is 0 Å². The number of halogens is 1. The van der Waals surface area contributed by atoms with Gasteiger partial charge in [-0.3, -0.25) is 0 Å². The maximum Gasteiger partial charge on any atom is 0.191 e. The number of benzene rings is 2. The Morgan fingerprint density at radius 3 is 2.45 bits per heavy atom. The van der Waals surface area contributed by atoms with Crippen LogP contribution in [0.5, 0.6) is 0 Å². The van der Waals surface area contributed by atoms with Crippen molar-refractivity contribution in [3.63, 3.8) is 0 Å². The van der Waals surface area contributed by atoms with E-state index in [4.69, 9.17) is 34.8 Å². The third-order valence-electron chi connectivity index (χ3n) is 3.00. The highest BCUT2D eigenvalue weighted by molar-refractivity contribution is 7.80. The predicted molar refractivity (Wildman–Crippen MR) is 86.5 cm³/mol. The summed E-state index contributed by atoms with van der Waals surface area (Å²) in [5.41, 5.74) is 8.84. The minimum Gasteiger partial charge on any atom is -0.375 e. The number of nitrogens with zero attached hydrogens (tertiary/aromatic N) is 2. The second kappa shape index (κ2) is 5.91. The quantitative estimate of drug-likeness (QED) is 0.520. The van der Waals surface area contributed by atoms with Crippen LogP contribution in [0.4, 0.5) is 5.69 Å². The molecule has 0 amide bonds. The second-order valence-corrected chi connectivity index (χ2v) is 5.01. The summed E-state index contributed by atoms with van der Waals surface area (Å²) in [4.78, 5) is 1.19. The number of thiocarbonyl (C=S) groups is 1. The Labute approximate surface area is 128 Å². The first-order valence-corrected chi connectivity index (χ1v) is 6.68. The van der Waals surface area contributed by atoms with Gasteiger partial charge in [0.25, 0.3) is 0 Å². The van der Waals surface area contributed by atoms with Crippen molar-refractivity contribution < 1.29 is 0 Å². The van der Waals surface area contributed by atoms with Gasteiger partial charge in [0.05, 0.1) is 10.7 Å². The summed E-state index contributed by atoms with van der Waals surface area (Å²) in [6.45, 7) is 1.84. The van der Waals surface area contributed by atoms with E-state index in [1.807, 2.05) is 49.5 Å². The summed E-state index contributed by atoms with van der Waals surface area (Å²) in [5.74, 6) is 0. The van der Waals surface area contributed by atoms with Crippen LogP contribution in [-0.4, -0.2) is 5.11 Å². The van der Waals surface area contributed by atoms with Crippen molar-refractivity contribution >= 4 is 34.6 Å². The van der Waals surface area contributed by atoms with Crippen molar-refractivity contribution in [1.29, 1.82) is 5.26 Å². The molecule has 0 aliphatic carbocycles. The molecule has 0 saturated carbocycles. The first-order chi connectivity index (χ1) is 9.56. The molecule has 0 unspecified atom stereocenters. The summed E-state index contributed by atoms with van der Waals surface area (Å²) < 4.78 is 0. The Bertz CT molecular complexity index is 692. The van der Waals surface area contributed by atoms with Crippen LogP contribution in [0.15, 0.2) is 42.5 Å². The van der Waals surface area contributed by atoms with Crippen molar-refractivity contribution in [2.45, 2.75) is 6.92 Å². The van der Waals surface area contributed by atoms with E-state index in [0.717, 1.165) is 16.7 Å². The summed E-state index contributed by atoms with van der Waals surface area (Å²) >= 11 is 11.3. The molecule has 0 aromatic heterocycles. The summed E-state index contributed by atoms with van der Waals surface area (Å²) in [5, 5.41) is 9.70. The Morgan fingerprint density at radius 2 is 1.90 bits per heavy atom. The van der Waals surface area contributed by atoms with E-state index < -0.39 is 0 Å². The molecular formula is C15H12ClN3S. The molecule has 2 aromatic carbocycles. The molecule has 2 N–H and O–H groups in total. The monoisotopic (exact) mass is 301 g/mol. The Hall–Kier alpha value is -2.09. The lowest BCUT2D eigenvalue weighted by molar-refractivity contribution is 1.29. The van der Waals surface area contributed by atoms with Gasteiger partial charge in [-0.25, -0.2) is 4.90 Å². The van der Waals surface area contributed by atoms with Crippen LogP contribution in [0.25, 0.3) is 11.1 Å². The zero-order valence-corrected chi connectivity index (χ0v) is 12.4. The number of nitrogens with two attached hydrogens (primary N) is 1. The number of nitriles is 1. The Kier molecular flexibility index (Phi) is 4.23. The maximum atomic E-state index is 9.12. The molecule has 3 nitrogen and oxygen atoms in total. The minimum atomic E-state index is -0.000808. The molecule has 0 spiro atoms. The van der Waals surface area contributed by atoms with E-state index in [1.165, 1.54) is 4.90 Å². The fourth-order valence-corrected chi connectivity index (χ4v) is 2.39. The van der Waals surface area contributed by atoms with E-state index in [-0.39, 0.29) is 5.11 Å². The fourth-order valence-electron chi connectivity index (χ4n) is 1.98. The van der Waals surface area contributed by atoms with Crippen molar-refractivity contribution in [3.05, 3.63) is 53.1 Å². The van der Waals surface area contributed by atoms with E-state index in [2.05, 4.69) is 0 Å². The van der Waals surface area contributed by atoms with Crippen molar-refractivity contribution in [2.24, 2.45) is 5.73 Å². The number of hydrogen-bond acceptors (Lipinski definition) is 2. The zero-order chi connectivity index (χ0) is 14.7. The van der Waals surface area contributed by atoms with E-state index >= 15 is 0 Å². The first-order valence-electron chi connectivity index (χ1n) is 5.90. The van der Waals surface area contributed by atoms with Crippen LogP contribution < -0.4 is 10.6 Å². The largest absolute Gasteiger partial charge is 0.375 e. The summed E-state index contributed by atoms with van der Waals surface area (Å²) in [6.07, 6.45) is 1.95. The lowest BCUT2D eigenvalue weighted by atomic mass is 10.0. The maximum absolute atomic E-state index is 9.12. The zero-order valence-electron chi connectivity index (χ0n) is 10.8. The Morgan fingerprint density at radius 1 is 1.25 bits per heavy atom. The molecule has 0 bridgehead atoms. The summed E-state index contributed by atoms with van der Waals surface area (Å²) in [6, 6.07) is 13.5. The molecule has 5 heteroatoms. The van der Waals surface area contributed by atoms with Crippen LogP contribution in [0.1, 0.15) is 5.56 Å². The normalized spacial score (nSPS) is 9.85. The van der Waals surface area contributed by atoms with Gasteiger partial charge in [0.15, 0.2) is 11.3 Å². The third kappa shape index (κ3) is 2.60. The molecule has 0 fully saturated rings. The minimum absolute atomic E-state index is 0.000808. The standard InChI is InChI=1S/C15H12ClN3S/c1-10-13(19(9-17)15(18)20)8-7-12(14(10)16)11-5-3-2-4-6-11/h2-8H,1H3,(H2,18,20). The number of hydrogen-bond donors (Lipinski definition) is 1. The third-order valence-corrected chi connectivity index (χ3v) is 3.67. The molecule has 0 atom stereocenters. The molecule has 20 heavy (non-hydrogen) atoms. The topological polar surface area (TPSA) is 53.0 Å². The number of anilines is 1. The number of rotatable bonds is 2. The molecule has 0 aliphatic rings. The average molecular weight is 302 g/mol. The van der Waals surface area contributed by atoms with E-state index in [1.54, 1.807) is 6.07 Å². The Balaban J connectivity index is 2.56. The molecule has 0 aliphatic heterocycles. The van der Waals surface area contributed by atoms with Gasteiger partial charge in [0.2, 0.25) is 0 Å². The van der Waals surface area contributed by atoms with Crippen LogP contribution in [0.3, 0.4) is 0 Å². The molecule has 2 rings (SSSR count). The van der Waals surface area contributed by atoms with Crippen LogP contribution in [0.2, 0.25) is 5.02 Å².